The molecule has 1 fully saturated rings. The average molecular weight is 304 g/mol. The lowest BCUT2D eigenvalue weighted by molar-refractivity contribution is 0.103. The fraction of sp³-hybridized carbons (Fsp3) is 0.308. The normalized spacial score (nSPS) is 18.6. The number of phenolic OH excluding ortho intramolecular Hbond substituents is 2. The number of fused-ring (bicyclic) bond motifs is 1. The number of rotatable bonds is 2. The van der Waals surface area contributed by atoms with Crippen LogP contribution in [-0.4, -0.2) is 36.6 Å². The Morgan fingerprint density at radius 1 is 1.29 bits per heavy atom. The van der Waals surface area contributed by atoms with Gasteiger partial charge in [0.2, 0.25) is 4.96 Å². The highest BCUT2D eigenvalue weighted by molar-refractivity contribution is 7.19. The molecule has 0 radical (unpaired) electrons. The highest BCUT2D eigenvalue weighted by atomic mass is 32.1. The van der Waals surface area contributed by atoms with Crippen LogP contribution in [0, 0.1) is 0 Å². The van der Waals surface area contributed by atoms with E-state index in [4.69, 9.17) is 4.74 Å². The molecule has 2 aromatic heterocycles. The molecule has 108 valence electrons. The van der Waals surface area contributed by atoms with Crippen molar-refractivity contribution >= 4 is 16.3 Å². The first-order valence-corrected chi connectivity index (χ1v) is 7.40. The fourth-order valence-corrected chi connectivity index (χ4v) is 3.29. The van der Waals surface area contributed by atoms with Gasteiger partial charge in [-0.25, -0.2) is 0 Å². The van der Waals surface area contributed by atoms with Crippen LogP contribution in [0.1, 0.15) is 24.8 Å². The Hall–Kier alpha value is -2.19. The molecule has 1 aliphatic heterocycles. The Morgan fingerprint density at radius 3 is 3.00 bits per heavy atom. The van der Waals surface area contributed by atoms with Crippen molar-refractivity contribution in [3.05, 3.63) is 24.0 Å². The van der Waals surface area contributed by atoms with E-state index in [9.17, 15) is 10.2 Å². The minimum atomic E-state index is -0.0762. The number of ether oxygens (including phenoxy) is 1. The largest absolute Gasteiger partial charge is 0.508 e. The summed E-state index contributed by atoms with van der Waals surface area (Å²) in [6, 6.07) is 4.34. The van der Waals surface area contributed by atoms with Crippen LogP contribution in [0.25, 0.3) is 15.5 Å². The third-order valence-corrected chi connectivity index (χ3v) is 4.38. The number of nitrogens with zero attached hydrogens (tertiary/aromatic N) is 4. The van der Waals surface area contributed by atoms with Gasteiger partial charge in [-0.05, 0) is 31.0 Å². The second-order valence-electron chi connectivity index (χ2n) is 4.86. The van der Waals surface area contributed by atoms with Gasteiger partial charge in [0.05, 0.1) is 5.56 Å². The molecule has 0 amide bonds. The number of aromatic hydroxyl groups is 2. The highest BCUT2D eigenvalue weighted by Gasteiger charge is 2.25. The first-order valence-electron chi connectivity index (χ1n) is 6.58. The minimum Gasteiger partial charge on any atom is -0.508 e. The predicted molar refractivity (Wildman–Crippen MR) is 75.4 cm³/mol. The van der Waals surface area contributed by atoms with E-state index in [0.29, 0.717) is 21.4 Å². The quantitative estimate of drug-likeness (QED) is 0.704. The Balaban J connectivity index is 1.82. The zero-order valence-corrected chi connectivity index (χ0v) is 11.7. The minimum absolute atomic E-state index is 0.0661. The van der Waals surface area contributed by atoms with Crippen LogP contribution in [0.3, 0.4) is 0 Å². The second-order valence-corrected chi connectivity index (χ2v) is 5.82. The standard InChI is InChI=1S/C13H12N4O3S/c18-7-3-4-9(19)8(6-7)12-16-17-11(10-2-1-5-20-10)14-15-13(17)21-12/h3-4,6,10,18-19H,1-2,5H2. The highest BCUT2D eigenvalue weighted by Crippen LogP contribution is 2.36. The lowest BCUT2D eigenvalue weighted by Crippen LogP contribution is -2.03. The van der Waals surface area contributed by atoms with Gasteiger partial charge in [0.25, 0.3) is 0 Å². The molecule has 3 aromatic rings. The first-order chi connectivity index (χ1) is 10.2. The van der Waals surface area contributed by atoms with E-state index in [1.807, 2.05) is 0 Å². The summed E-state index contributed by atoms with van der Waals surface area (Å²) in [5, 5.41) is 32.7. The number of hydrogen-bond acceptors (Lipinski definition) is 7. The summed E-state index contributed by atoms with van der Waals surface area (Å²) in [4.78, 5) is 0.637. The summed E-state index contributed by atoms with van der Waals surface area (Å²) < 4.78 is 7.27. The van der Waals surface area contributed by atoms with Crippen LogP contribution in [0.2, 0.25) is 0 Å². The summed E-state index contributed by atoms with van der Waals surface area (Å²) in [5.41, 5.74) is 0.476. The zero-order valence-electron chi connectivity index (χ0n) is 10.9. The maximum Gasteiger partial charge on any atom is 0.235 e. The van der Waals surface area contributed by atoms with E-state index in [1.54, 1.807) is 4.52 Å². The van der Waals surface area contributed by atoms with Crippen molar-refractivity contribution in [1.82, 2.24) is 19.8 Å². The second kappa shape index (κ2) is 4.68. The van der Waals surface area contributed by atoms with E-state index in [1.165, 1.54) is 29.5 Å². The molecule has 0 spiro atoms. The maximum absolute atomic E-state index is 9.92. The van der Waals surface area contributed by atoms with Crippen LogP contribution >= 0.6 is 11.3 Å². The average Bonchev–Trinajstić information content (AvgIpc) is 3.15. The van der Waals surface area contributed by atoms with E-state index >= 15 is 0 Å². The van der Waals surface area contributed by atoms with Crippen LogP contribution in [-0.2, 0) is 4.74 Å². The van der Waals surface area contributed by atoms with Crippen molar-refractivity contribution in [1.29, 1.82) is 0 Å². The van der Waals surface area contributed by atoms with Gasteiger partial charge < -0.3 is 14.9 Å². The molecule has 1 aliphatic rings. The number of benzene rings is 1. The van der Waals surface area contributed by atoms with E-state index in [0.717, 1.165) is 19.4 Å². The smallest absolute Gasteiger partial charge is 0.235 e. The monoisotopic (exact) mass is 304 g/mol. The molecule has 0 saturated carbocycles. The maximum atomic E-state index is 9.92. The number of hydrogen-bond donors (Lipinski definition) is 2. The Kier molecular flexibility index (Phi) is 2.79. The van der Waals surface area contributed by atoms with Crippen LogP contribution in [0.4, 0.5) is 0 Å². The third-order valence-electron chi connectivity index (χ3n) is 3.44. The van der Waals surface area contributed by atoms with Gasteiger partial charge in [-0.3, -0.25) is 0 Å². The third kappa shape index (κ3) is 2.03. The molecule has 1 aromatic carbocycles. The summed E-state index contributed by atoms with van der Waals surface area (Å²) >= 11 is 1.30. The lowest BCUT2D eigenvalue weighted by Gasteiger charge is -2.04. The molecule has 4 rings (SSSR count). The molecule has 21 heavy (non-hydrogen) atoms. The van der Waals surface area contributed by atoms with E-state index < -0.39 is 0 Å². The van der Waals surface area contributed by atoms with Gasteiger partial charge in [0, 0.05) is 6.61 Å². The van der Waals surface area contributed by atoms with Crippen LogP contribution < -0.4 is 0 Å². The summed E-state index contributed by atoms with van der Waals surface area (Å²) in [5.74, 6) is 0.828. The first kappa shape index (κ1) is 12.5. The number of aromatic nitrogens is 4. The van der Waals surface area contributed by atoms with Crippen LogP contribution in [0.15, 0.2) is 18.2 Å². The van der Waals surface area contributed by atoms with Crippen molar-refractivity contribution < 1.29 is 14.9 Å². The summed E-state index contributed by atoms with van der Waals surface area (Å²) in [6.45, 7) is 0.726. The zero-order chi connectivity index (χ0) is 14.4. The fourth-order valence-electron chi connectivity index (χ4n) is 2.42. The van der Waals surface area contributed by atoms with Crippen molar-refractivity contribution in [2.75, 3.05) is 6.61 Å². The molecule has 0 bridgehead atoms. The molecular weight excluding hydrogens is 292 g/mol. The topological polar surface area (TPSA) is 92.8 Å². The molecule has 1 atom stereocenters. The SMILES string of the molecule is Oc1ccc(O)c(-c2nn3c(C4CCCO4)nnc3s2)c1. The van der Waals surface area contributed by atoms with E-state index in [-0.39, 0.29) is 17.6 Å². The molecule has 1 unspecified atom stereocenters. The van der Waals surface area contributed by atoms with Gasteiger partial charge in [-0.2, -0.15) is 9.61 Å². The molecular formula is C13H12N4O3S. The molecule has 8 heteroatoms. The summed E-state index contributed by atoms with van der Waals surface area (Å²) in [6.07, 6.45) is 1.84. The van der Waals surface area contributed by atoms with Crippen molar-refractivity contribution in [2.24, 2.45) is 0 Å². The van der Waals surface area contributed by atoms with E-state index in [2.05, 4.69) is 15.3 Å². The van der Waals surface area contributed by atoms with Crippen molar-refractivity contribution in [3.8, 4) is 22.1 Å². The Morgan fingerprint density at radius 2 is 2.19 bits per heavy atom. The molecule has 0 aliphatic carbocycles. The molecule has 7 nitrogen and oxygen atoms in total. The van der Waals surface area contributed by atoms with Gasteiger partial charge in [0.1, 0.15) is 17.6 Å². The molecule has 2 N–H and O–H groups in total. The van der Waals surface area contributed by atoms with Gasteiger partial charge in [-0.15, -0.1) is 10.2 Å². The molecule has 3 heterocycles. The molecule has 1 saturated heterocycles. The number of phenols is 2. The van der Waals surface area contributed by atoms with Crippen molar-refractivity contribution in [2.45, 2.75) is 18.9 Å². The van der Waals surface area contributed by atoms with Gasteiger partial charge >= 0.3 is 0 Å². The Labute approximate surface area is 123 Å². The summed E-state index contributed by atoms with van der Waals surface area (Å²) in [7, 11) is 0. The van der Waals surface area contributed by atoms with Gasteiger partial charge in [0.15, 0.2) is 10.8 Å². The Bertz CT molecular complexity index is 807. The van der Waals surface area contributed by atoms with Crippen LogP contribution in [0.5, 0.6) is 11.5 Å². The predicted octanol–water partition coefficient (Wildman–Crippen LogP) is 2.12. The lowest BCUT2D eigenvalue weighted by atomic mass is 10.2. The van der Waals surface area contributed by atoms with Gasteiger partial charge in [-0.1, -0.05) is 11.3 Å². The van der Waals surface area contributed by atoms with Crippen molar-refractivity contribution in [3.63, 3.8) is 0 Å².